The van der Waals surface area contributed by atoms with Crippen molar-refractivity contribution in [3.05, 3.63) is 47.2 Å². The number of hydrogen-bond acceptors (Lipinski definition) is 3. The number of amides is 2. The minimum Gasteiger partial charge on any atom is -0.316 e. The number of allylic oxidation sites excluding steroid dienone is 1. The molecule has 0 saturated carbocycles. The van der Waals surface area contributed by atoms with E-state index in [1.165, 1.54) is 0 Å². The van der Waals surface area contributed by atoms with E-state index in [0.717, 1.165) is 16.8 Å². The van der Waals surface area contributed by atoms with Gasteiger partial charge in [0.2, 0.25) is 0 Å². The highest BCUT2D eigenvalue weighted by atomic mass is 17.1. The quantitative estimate of drug-likeness (QED) is 0.685. The SMILES string of the molecule is CC.CC1=C(COO)C(c2ccccc2)N(C)C(=O)N1C. The Kier molecular flexibility index (Phi) is 6.39. The van der Waals surface area contributed by atoms with E-state index in [2.05, 4.69) is 4.89 Å². The second-order valence-electron chi connectivity index (χ2n) is 4.65. The molecule has 1 heterocycles. The zero-order valence-corrected chi connectivity index (χ0v) is 13.3. The maximum Gasteiger partial charge on any atom is 0.324 e. The first-order valence-electron chi connectivity index (χ1n) is 7.09. The second kappa shape index (κ2) is 7.81. The third-order valence-corrected chi connectivity index (χ3v) is 3.61. The van der Waals surface area contributed by atoms with Crippen molar-refractivity contribution < 1.29 is 14.9 Å². The Hall–Kier alpha value is -1.85. The van der Waals surface area contributed by atoms with E-state index in [1.807, 2.05) is 51.1 Å². The van der Waals surface area contributed by atoms with Crippen molar-refractivity contribution in [2.24, 2.45) is 0 Å². The van der Waals surface area contributed by atoms with Gasteiger partial charge in [0.05, 0.1) is 6.04 Å². The van der Waals surface area contributed by atoms with E-state index in [4.69, 9.17) is 5.26 Å². The fourth-order valence-electron chi connectivity index (χ4n) is 2.45. The molecule has 5 nitrogen and oxygen atoms in total. The molecule has 1 aromatic rings. The van der Waals surface area contributed by atoms with Crippen molar-refractivity contribution >= 4 is 6.03 Å². The number of hydrogen-bond donors (Lipinski definition) is 1. The summed E-state index contributed by atoms with van der Waals surface area (Å²) in [6.07, 6.45) is 0. The van der Waals surface area contributed by atoms with Crippen molar-refractivity contribution in [2.75, 3.05) is 20.7 Å². The highest BCUT2D eigenvalue weighted by Gasteiger charge is 2.34. The van der Waals surface area contributed by atoms with Crippen LogP contribution in [0.3, 0.4) is 0 Å². The molecule has 0 saturated heterocycles. The summed E-state index contributed by atoms with van der Waals surface area (Å²) in [6.45, 7) is 5.93. The lowest BCUT2D eigenvalue weighted by Gasteiger charge is -2.40. The molecule has 0 spiro atoms. The van der Waals surface area contributed by atoms with Crippen LogP contribution in [0, 0.1) is 0 Å². The van der Waals surface area contributed by atoms with Crippen LogP contribution in [-0.4, -0.2) is 41.8 Å². The number of nitrogens with zero attached hydrogens (tertiary/aromatic N) is 2. The fraction of sp³-hybridized carbons (Fsp3) is 0.438. The molecule has 2 rings (SSSR count). The summed E-state index contributed by atoms with van der Waals surface area (Å²) < 4.78 is 0. The van der Waals surface area contributed by atoms with E-state index < -0.39 is 0 Å². The van der Waals surface area contributed by atoms with Crippen LogP contribution in [0.2, 0.25) is 0 Å². The predicted octanol–water partition coefficient (Wildman–Crippen LogP) is 3.51. The van der Waals surface area contributed by atoms with Crippen molar-refractivity contribution in [1.82, 2.24) is 9.80 Å². The second-order valence-corrected chi connectivity index (χ2v) is 4.65. The number of benzene rings is 1. The Morgan fingerprint density at radius 1 is 1.19 bits per heavy atom. The third-order valence-electron chi connectivity index (χ3n) is 3.61. The largest absolute Gasteiger partial charge is 0.324 e. The minimum atomic E-state index is -0.211. The van der Waals surface area contributed by atoms with Crippen molar-refractivity contribution in [1.29, 1.82) is 0 Å². The summed E-state index contributed by atoms with van der Waals surface area (Å²) in [6, 6.07) is 9.43. The van der Waals surface area contributed by atoms with Crippen molar-refractivity contribution in [3.8, 4) is 0 Å². The van der Waals surface area contributed by atoms with Gasteiger partial charge in [-0.2, -0.15) is 0 Å². The van der Waals surface area contributed by atoms with E-state index in [-0.39, 0.29) is 18.7 Å². The minimum absolute atomic E-state index is 0.0759. The van der Waals surface area contributed by atoms with Gasteiger partial charge in [-0.05, 0) is 12.5 Å². The average Bonchev–Trinajstić information content (AvgIpc) is 2.54. The summed E-state index contributed by atoms with van der Waals surface area (Å²) >= 11 is 0. The molecule has 0 aliphatic carbocycles. The summed E-state index contributed by atoms with van der Waals surface area (Å²) in [4.78, 5) is 19.7. The Morgan fingerprint density at radius 2 is 1.76 bits per heavy atom. The molecule has 1 aromatic carbocycles. The molecule has 1 aliphatic heterocycles. The number of likely N-dealkylation sites (N-methyl/N-ethyl adjacent to an activating group) is 1. The van der Waals surface area contributed by atoms with E-state index in [1.54, 1.807) is 23.9 Å². The molecule has 116 valence electrons. The smallest absolute Gasteiger partial charge is 0.316 e. The highest BCUT2D eigenvalue weighted by molar-refractivity contribution is 5.78. The van der Waals surface area contributed by atoms with Crippen LogP contribution < -0.4 is 0 Å². The molecule has 1 N–H and O–H groups in total. The Morgan fingerprint density at radius 3 is 2.29 bits per heavy atom. The molecular formula is C16H24N2O3. The van der Waals surface area contributed by atoms with E-state index in [9.17, 15) is 4.79 Å². The normalized spacial score (nSPS) is 18.6. The fourth-order valence-corrected chi connectivity index (χ4v) is 2.45. The zero-order chi connectivity index (χ0) is 16.0. The summed E-state index contributed by atoms with van der Waals surface area (Å²) in [5, 5.41) is 8.78. The standard InChI is InChI=1S/C14H18N2O3.C2H6/c1-10-12(9-19-18)13(11-7-5-4-6-8-11)16(3)14(17)15(10)2;1-2/h4-8,13,18H,9H2,1-3H3;1-2H3. The molecule has 1 atom stereocenters. The topological polar surface area (TPSA) is 53.0 Å². The molecule has 21 heavy (non-hydrogen) atoms. The number of carbonyl (C=O) groups is 1. The predicted molar refractivity (Wildman–Crippen MR) is 82.7 cm³/mol. The van der Waals surface area contributed by atoms with Gasteiger partial charge in [0.1, 0.15) is 6.61 Å². The molecule has 2 amide bonds. The van der Waals surface area contributed by atoms with Crippen LogP contribution in [0.4, 0.5) is 4.79 Å². The first-order chi connectivity index (χ1) is 10.1. The first-order valence-corrected chi connectivity index (χ1v) is 7.09. The monoisotopic (exact) mass is 292 g/mol. The van der Waals surface area contributed by atoms with Crippen LogP contribution in [0.15, 0.2) is 41.6 Å². The average molecular weight is 292 g/mol. The van der Waals surface area contributed by atoms with Gasteiger partial charge >= 0.3 is 6.03 Å². The van der Waals surface area contributed by atoms with Crippen LogP contribution in [0.25, 0.3) is 0 Å². The van der Waals surface area contributed by atoms with Gasteiger partial charge in [-0.15, -0.1) is 0 Å². The van der Waals surface area contributed by atoms with Gasteiger partial charge in [-0.25, -0.2) is 9.68 Å². The van der Waals surface area contributed by atoms with Gasteiger partial charge in [-0.3, -0.25) is 5.26 Å². The van der Waals surface area contributed by atoms with Gasteiger partial charge in [-0.1, -0.05) is 44.2 Å². The van der Waals surface area contributed by atoms with Gasteiger partial charge < -0.3 is 9.80 Å². The lowest BCUT2D eigenvalue weighted by Crippen LogP contribution is -2.46. The van der Waals surface area contributed by atoms with Crippen molar-refractivity contribution in [3.63, 3.8) is 0 Å². The Balaban J connectivity index is 0.00000106. The lowest BCUT2D eigenvalue weighted by molar-refractivity contribution is -0.235. The van der Waals surface area contributed by atoms with Gasteiger partial charge in [0, 0.05) is 25.4 Å². The van der Waals surface area contributed by atoms with Crippen molar-refractivity contribution in [2.45, 2.75) is 26.8 Å². The summed E-state index contributed by atoms with van der Waals surface area (Å²) in [7, 11) is 3.47. The third kappa shape index (κ3) is 3.43. The lowest BCUT2D eigenvalue weighted by atomic mass is 9.94. The molecule has 0 bridgehead atoms. The molecule has 0 fully saturated rings. The molecule has 5 heteroatoms. The number of carbonyl (C=O) groups excluding carboxylic acids is 1. The molecule has 0 radical (unpaired) electrons. The van der Waals surface area contributed by atoms with Crippen LogP contribution >= 0.6 is 0 Å². The molecule has 0 aromatic heterocycles. The summed E-state index contributed by atoms with van der Waals surface area (Å²) in [5.41, 5.74) is 2.68. The first kappa shape index (κ1) is 17.2. The maximum atomic E-state index is 12.2. The summed E-state index contributed by atoms with van der Waals surface area (Å²) in [5.74, 6) is 0. The van der Waals surface area contributed by atoms with E-state index >= 15 is 0 Å². The van der Waals surface area contributed by atoms with Gasteiger partial charge in [0.15, 0.2) is 0 Å². The molecular weight excluding hydrogens is 268 g/mol. The highest BCUT2D eigenvalue weighted by Crippen LogP contribution is 2.35. The van der Waals surface area contributed by atoms with E-state index in [0.29, 0.717) is 0 Å². The molecule has 1 unspecified atom stereocenters. The molecule has 1 aliphatic rings. The number of rotatable bonds is 3. The zero-order valence-electron chi connectivity index (χ0n) is 13.3. The van der Waals surface area contributed by atoms with Gasteiger partial charge in [0.25, 0.3) is 0 Å². The van der Waals surface area contributed by atoms with Crippen LogP contribution in [0.1, 0.15) is 32.4 Å². The van der Waals surface area contributed by atoms with Crippen LogP contribution in [0.5, 0.6) is 0 Å². The number of urea groups is 1. The Bertz CT molecular complexity index is 500. The van der Waals surface area contributed by atoms with Crippen LogP contribution in [-0.2, 0) is 4.89 Å². The maximum absolute atomic E-state index is 12.2. The Labute approximate surface area is 126 Å².